The van der Waals surface area contributed by atoms with Crippen molar-refractivity contribution in [3.05, 3.63) is 24.3 Å². The predicted molar refractivity (Wildman–Crippen MR) is 298 cm³/mol. The van der Waals surface area contributed by atoms with E-state index >= 15 is 0 Å². The Bertz CT molecular complexity index is 1220. The maximum absolute atomic E-state index is 13.2. The highest BCUT2D eigenvalue weighted by atomic mass is 16.7. The van der Waals surface area contributed by atoms with Gasteiger partial charge in [-0.2, -0.15) is 0 Å². The molecule has 11 heteroatoms. The van der Waals surface area contributed by atoms with Gasteiger partial charge in [-0.25, -0.2) is 0 Å². The summed E-state index contributed by atoms with van der Waals surface area (Å²) in [6.07, 6.45) is 49.5. The Hall–Kier alpha value is -1.41. The number of hydrogen-bond donors (Lipinski definition) is 8. The van der Waals surface area contributed by atoms with Crippen LogP contribution in [0.25, 0.3) is 0 Å². The SMILES string of the molecule is CCCCC/C=C\C=C/CCCCCCCCCCCC(O)C(=O)NC(COC1OC(CO)C(O)C(O)C1O)C(O)C(O)CCCCCCCCCCCCCCCCCCCCCCCCCCCCC. The summed E-state index contributed by atoms with van der Waals surface area (Å²) in [6, 6.07) is -1.17. The molecule has 9 unspecified atom stereocenters. The van der Waals surface area contributed by atoms with Crippen molar-refractivity contribution >= 4 is 5.91 Å². The topological polar surface area (TPSA) is 189 Å². The van der Waals surface area contributed by atoms with Gasteiger partial charge in [0.15, 0.2) is 6.29 Å². The van der Waals surface area contributed by atoms with Gasteiger partial charge < -0.3 is 50.5 Å². The van der Waals surface area contributed by atoms with E-state index < -0.39 is 74.2 Å². The number of ether oxygens (including phenoxy) is 2. The smallest absolute Gasteiger partial charge is 0.249 e. The molecule has 0 aromatic rings. The lowest BCUT2D eigenvalue weighted by Crippen LogP contribution is -2.60. The Morgan fingerprint density at radius 1 is 0.486 bits per heavy atom. The van der Waals surface area contributed by atoms with Crippen LogP contribution in [-0.2, 0) is 14.3 Å². The molecule has 1 heterocycles. The van der Waals surface area contributed by atoms with E-state index in [-0.39, 0.29) is 6.42 Å². The van der Waals surface area contributed by atoms with Gasteiger partial charge in [0.05, 0.1) is 25.4 Å². The summed E-state index contributed by atoms with van der Waals surface area (Å²) in [6.45, 7) is 3.46. The highest BCUT2D eigenvalue weighted by Crippen LogP contribution is 2.24. The van der Waals surface area contributed by atoms with E-state index in [4.69, 9.17) is 9.47 Å². The molecular weight excluding hydrogens is 907 g/mol. The summed E-state index contributed by atoms with van der Waals surface area (Å²) in [5.74, 6) is -0.697. The fourth-order valence-corrected chi connectivity index (χ4v) is 10.0. The van der Waals surface area contributed by atoms with Crippen molar-refractivity contribution in [2.75, 3.05) is 13.2 Å². The average molecular weight is 1020 g/mol. The molecule has 1 fully saturated rings. The lowest BCUT2D eigenvalue weighted by Gasteiger charge is -2.40. The molecule has 0 aromatic carbocycles. The Kier molecular flexibility index (Phi) is 48.0. The zero-order chi connectivity index (χ0) is 52.5. The van der Waals surface area contributed by atoms with E-state index in [1.807, 2.05) is 0 Å². The molecule has 0 radical (unpaired) electrons. The molecule has 0 saturated carbocycles. The first-order valence-electron chi connectivity index (χ1n) is 30.8. The van der Waals surface area contributed by atoms with Crippen molar-refractivity contribution in [2.24, 2.45) is 0 Å². The van der Waals surface area contributed by atoms with Gasteiger partial charge in [-0.1, -0.05) is 276 Å². The molecule has 1 aliphatic heterocycles. The zero-order valence-electron chi connectivity index (χ0n) is 46.7. The number of rotatable bonds is 53. The van der Waals surface area contributed by atoms with Crippen LogP contribution in [0.1, 0.15) is 290 Å². The van der Waals surface area contributed by atoms with Gasteiger partial charge in [0.1, 0.15) is 36.6 Å². The third kappa shape index (κ3) is 38.2. The number of unbranched alkanes of at least 4 members (excludes halogenated alkanes) is 38. The van der Waals surface area contributed by atoms with Gasteiger partial charge in [0.25, 0.3) is 0 Å². The lowest BCUT2D eigenvalue weighted by atomic mass is 9.98. The van der Waals surface area contributed by atoms with Gasteiger partial charge in [-0.3, -0.25) is 4.79 Å². The van der Waals surface area contributed by atoms with Crippen LogP contribution in [-0.4, -0.2) is 110 Å². The fourth-order valence-electron chi connectivity index (χ4n) is 10.0. The lowest BCUT2D eigenvalue weighted by molar-refractivity contribution is -0.303. The second-order valence-electron chi connectivity index (χ2n) is 21.8. The molecule has 426 valence electrons. The normalized spacial score (nSPS) is 20.2. The largest absolute Gasteiger partial charge is 0.394 e. The highest BCUT2D eigenvalue weighted by molar-refractivity contribution is 5.80. The number of allylic oxidation sites excluding steroid dienone is 4. The number of nitrogens with one attached hydrogen (secondary N) is 1. The molecule has 1 aliphatic rings. The number of amides is 1. The van der Waals surface area contributed by atoms with Gasteiger partial charge in [-0.05, 0) is 38.5 Å². The fraction of sp³-hybridized carbons (Fsp3) is 0.918. The Balaban J connectivity index is 2.26. The summed E-state index contributed by atoms with van der Waals surface area (Å²) in [4.78, 5) is 13.2. The first-order chi connectivity index (χ1) is 35.2. The second-order valence-corrected chi connectivity index (χ2v) is 21.8. The van der Waals surface area contributed by atoms with Crippen molar-refractivity contribution < 1.29 is 50.0 Å². The molecule has 0 aromatic heterocycles. The van der Waals surface area contributed by atoms with Crippen molar-refractivity contribution in [1.82, 2.24) is 5.32 Å². The van der Waals surface area contributed by atoms with Crippen LogP contribution < -0.4 is 5.32 Å². The standard InChI is InChI=1S/C61H117NO10/c1-3-5-7-9-11-13-15-17-19-21-23-24-25-26-27-28-29-30-31-33-34-36-38-40-42-44-46-48-53(64)56(66)52(51-71-61-59(69)58(68)57(67)55(50-63)72-61)62-60(70)54(65)49-47-45-43-41-39-37-35-32-22-20-18-16-14-12-10-8-6-4-2/h12,14,16,18,52-59,61,63-69H,3-11,13,15,17,19-51H2,1-2H3,(H,62,70)/b14-12-,18-16-. The van der Waals surface area contributed by atoms with Crippen molar-refractivity contribution in [3.8, 4) is 0 Å². The van der Waals surface area contributed by atoms with Crippen molar-refractivity contribution in [3.63, 3.8) is 0 Å². The minimum atomic E-state index is -1.66. The van der Waals surface area contributed by atoms with Gasteiger partial charge in [0.2, 0.25) is 5.91 Å². The Labute approximate surface area is 442 Å². The zero-order valence-corrected chi connectivity index (χ0v) is 46.7. The third-order valence-electron chi connectivity index (χ3n) is 15.0. The maximum Gasteiger partial charge on any atom is 0.249 e. The van der Waals surface area contributed by atoms with E-state index in [1.54, 1.807) is 0 Å². The summed E-state index contributed by atoms with van der Waals surface area (Å²) >= 11 is 0. The second kappa shape index (κ2) is 50.4. The van der Waals surface area contributed by atoms with Gasteiger partial charge in [0, 0.05) is 0 Å². The first-order valence-corrected chi connectivity index (χ1v) is 30.8. The van der Waals surface area contributed by atoms with Crippen LogP contribution in [0.2, 0.25) is 0 Å². The van der Waals surface area contributed by atoms with Crippen LogP contribution in [0.4, 0.5) is 0 Å². The van der Waals surface area contributed by atoms with Gasteiger partial charge in [-0.15, -0.1) is 0 Å². The van der Waals surface area contributed by atoms with Crippen LogP contribution >= 0.6 is 0 Å². The quantitative estimate of drug-likeness (QED) is 0.0215. The molecular formula is C61H117NO10. The van der Waals surface area contributed by atoms with E-state index in [2.05, 4.69) is 43.5 Å². The molecule has 0 spiro atoms. The molecule has 9 atom stereocenters. The van der Waals surface area contributed by atoms with E-state index in [0.29, 0.717) is 19.3 Å². The van der Waals surface area contributed by atoms with Crippen LogP contribution in [0.15, 0.2) is 24.3 Å². The van der Waals surface area contributed by atoms with Crippen molar-refractivity contribution in [1.29, 1.82) is 0 Å². The first kappa shape index (κ1) is 68.6. The summed E-state index contributed by atoms with van der Waals surface area (Å²) in [5, 5.41) is 76.3. The number of hydrogen-bond acceptors (Lipinski definition) is 10. The Morgan fingerprint density at radius 3 is 1.24 bits per heavy atom. The molecule has 11 nitrogen and oxygen atoms in total. The van der Waals surface area contributed by atoms with Crippen LogP contribution in [0, 0.1) is 0 Å². The molecule has 1 rings (SSSR count). The highest BCUT2D eigenvalue weighted by Gasteiger charge is 2.44. The number of aliphatic hydroxyl groups excluding tert-OH is 7. The average Bonchev–Trinajstić information content (AvgIpc) is 3.38. The summed E-state index contributed by atoms with van der Waals surface area (Å²) in [7, 11) is 0. The number of aliphatic hydroxyl groups is 7. The minimum Gasteiger partial charge on any atom is -0.394 e. The third-order valence-corrected chi connectivity index (χ3v) is 15.0. The molecule has 8 N–H and O–H groups in total. The molecule has 0 aliphatic carbocycles. The van der Waals surface area contributed by atoms with Crippen molar-refractivity contribution in [2.45, 2.75) is 345 Å². The summed E-state index contributed by atoms with van der Waals surface area (Å²) in [5.41, 5.74) is 0. The van der Waals surface area contributed by atoms with E-state index in [1.165, 1.54) is 205 Å². The minimum absolute atomic E-state index is 0.256. The molecule has 1 amide bonds. The number of carbonyl (C=O) groups excluding carboxylic acids is 1. The molecule has 72 heavy (non-hydrogen) atoms. The molecule has 0 bridgehead atoms. The van der Waals surface area contributed by atoms with E-state index in [0.717, 1.165) is 44.9 Å². The van der Waals surface area contributed by atoms with Crippen LogP contribution in [0.3, 0.4) is 0 Å². The predicted octanol–water partition coefficient (Wildman–Crippen LogP) is 13.3. The monoisotopic (exact) mass is 1020 g/mol. The van der Waals surface area contributed by atoms with Crippen LogP contribution in [0.5, 0.6) is 0 Å². The maximum atomic E-state index is 13.2. The van der Waals surface area contributed by atoms with E-state index in [9.17, 15) is 40.5 Å². The number of carbonyl (C=O) groups is 1. The summed E-state index contributed by atoms with van der Waals surface area (Å²) < 4.78 is 11.2. The molecule has 1 saturated heterocycles. The van der Waals surface area contributed by atoms with Gasteiger partial charge >= 0.3 is 0 Å². The Morgan fingerprint density at radius 2 is 0.833 bits per heavy atom.